The second-order valence-corrected chi connectivity index (χ2v) is 5.04. The lowest BCUT2D eigenvalue weighted by atomic mass is 10.0. The lowest BCUT2D eigenvalue weighted by molar-refractivity contribution is -0.131. The number of ether oxygens (including phenoxy) is 1. The van der Waals surface area contributed by atoms with Crippen LogP contribution in [-0.4, -0.2) is 11.1 Å². The van der Waals surface area contributed by atoms with Gasteiger partial charge in [-0.3, -0.25) is 0 Å². The summed E-state index contributed by atoms with van der Waals surface area (Å²) in [5.41, 5.74) is 1.98. The van der Waals surface area contributed by atoms with E-state index in [9.17, 15) is 4.79 Å². The molecule has 2 rings (SSSR count). The maximum atomic E-state index is 10.5. The first-order valence-corrected chi connectivity index (χ1v) is 6.84. The van der Waals surface area contributed by atoms with E-state index in [2.05, 4.69) is 19.9 Å². The highest BCUT2D eigenvalue weighted by atomic mass is 16.5. The van der Waals surface area contributed by atoms with E-state index in [0.717, 1.165) is 28.7 Å². The van der Waals surface area contributed by atoms with Gasteiger partial charge in [0.2, 0.25) is 0 Å². The lowest BCUT2D eigenvalue weighted by Gasteiger charge is -2.13. The number of hydrogen-bond acceptors (Lipinski definition) is 2. The molecule has 21 heavy (non-hydrogen) atoms. The number of carboxylic acids is 1. The summed E-state index contributed by atoms with van der Waals surface area (Å²) >= 11 is 0. The fourth-order valence-corrected chi connectivity index (χ4v) is 1.99. The van der Waals surface area contributed by atoms with Gasteiger partial charge in [0.05, 0.1) is 0 Å². The van der Waals surface area contributed by atoms with Crippen LogP contribution in [-0.2, 0) is 4.79 Å². The van der Waals surface area contributed by atoms with Crippen LogP contribution in [0.25, 0.3) is 6.08 Å². The number of carbonyl (C=O) groups is 1. The molecule has 3 nitrogen and oxygen atoms in total. The van der Waals surface area contributed by atoms with Crippen LogP contribution in [0.3, 0.4) is 0 Å². The number of rotatable bonds is 5. The average Bonchev–Trinajstić information content (AvgIpc) is 2.47. The summed E-state index contributed by atoms with van der Waals surface area (Å²) in [4.78, 5) is 10.5. The van der Waals surface area contributed by atoms with E-state index in [1.807, 2.05) is 42.5 Å². The summed E-state index contributed by atoms with van der Waals surface area (Å²) in [5.74, 6) is 1.01. The maximum absolute atomic E-state index is 10.5. The molecule has 0 bridgehead atoms. The van der Waals surface area contributed by atoms with Crippen molar-refractivity contribution in [2.75, 3.05) is 0 Å². The van der Waals surface area contributed by atoms with Crippen LogP contribution in [0.5, 0.6) is 11.5 Å². The largest absolute Gasteiger partial charge is 0.478 e. The summed E-state index contributed by atoms with van der Waals surface area (Å²) in [5, 5.41) is 8.60. The minimum atomic E-state index is -0.957. The van der Waals surface area contributed by atoms with Gasteiger partial charge in [0, 0.05) is 6.08 Å². The van der Waals surface area contributed by atoms with Crippen molar-refractivity contribution in [3.05, 3.63) is 65.7 Å². The molecule has 2 aromatic carbocycles. The number of benzene rings is 2. The number of carboxylic acid groups (broad SMARTS) is 1. The molecule has 0 aromatic heterocycles. The van der Waals surface area contributed by atoms with Gasteiger partial charge >= 0.3 is 5.97 Å². The zero-order valence-corrected chi connectivity index (χ0v) is 12.1. The summed E-state index contributed by atoms with van der Waals surface area (Å²) in [6.45, 7) is 4.25. The van der Waals surface area contributed by atoms with Crippen LogP contribution in [0.4, 0.5) is 0 Å². The molecule has 0 unspecified atom stereocenters. The Morgan fingerprint density at radius 3 is 2.38 bits per heavy atom. The van der Waals surface area contributed by atoms with Crippen molar-refractivity contribution in [3.8, 4) is 11.5 Å². The van der Waals surface area contributed by atoms with Crippen LogP contribution < -0.4 is 4.74 Å². The van der Waals surface area contributed by atoms with E-state index in [1.54, 1.807) is 6.08 Å². The normalized spacial score (nSPS) is 11.0. The standard InChI is InChI=1S/C18H18O3/c1-13(2)16-5-3-4-6-17(16)21-15-10-7-14(8-11-15)9-12-18(19)20/h3-13H,1-2H3,(H,19,20). The molecule has 0 aliphatic rings. The van der Waals surface area contributed by atoms with Crippen LogP contribution in [0.15, 0.2) is 54.6 Å². The van der Waals surface area contributed by atoms with Gasteiger partial charge in [0.25, 0.3) is 0 Å². The third-order valence-electron chi connectivity index (χ3n) is 3.07. The Balaban J connectivity index is 2.16. The van der Waals surface area contributed by atoms with Gasteiger partial charge in [-0.1, -0.05) is 44.2 Å². The summed E-state index contributed by atoms with van der Waals surface area (Å²) < 4.78 is 5.91. The van der Waals surface area contributed by atoms with Crippen molar-refractivity contribution >= 4 is 12.0 Å². The minimum absolute atomic E-state index is 0.388. The molecule has 3 heteroatoms. The van der Waals surface area contributed by atoms with Gasteiger partial charge in [-0.25, -0.2) is 4.79 Å². The third-order valence-corrected chi connectivity index (χ3v) is 3.07. The highest BCUT2D eigenvalue weighted by molar-refractivity contribution is 5.85. The zero-order valence-electron chi connectivity index (χ0n) is 12.1. The van der Waals surface area contributed by atoms with Gasteiger partial charge in [-0.15, -0.1) is 0 Å². The predicted octanol–water partition coefficient (Wildman–Crippen LogP) is 4.70. The minimum Gasteiger partial charge on any atom is -0.478 e. The molecule has 0 saturated carbocycles. The van der Waals surface area contributed by atoms with Crippen molar-refractivity contribution in [1.29, 1.82) is 0 Å². The maximum Gasteiger partial charge on any atom is 0.328 e. The molecular weight excluding hydrogens is 264 g/mol. The SMILES string of the molecule is CC(C)c1ccccc1Oc1ccc(C=CC(=O)O)cc1. The molecule has 0 spiro atoms. The van der Waals surface area contributed by atoms with E-state index in [0.29, 0.717) is 5.92 Å². The molecule has 1 N–H and O–H groups in total. The molecular formula is C18H18O3. The molecule has 0 atom stereocenters. The predicted molar refractivity (Wildman–Crippen MR) is 83.7 cm³/mol. The molecule has 0 saturated heterocycles. The summed E-state index contributed by atoms with van der Waals surface area (Å²) in [7, 11) is 0. The fraction of sp³-hybridized carbons (Fsp3) is 0.167. The Labute approximate surface area is 124 Å². The van der Waals surface area contributed by atoms with E-state index in [-0.39, 0.29) is 0 Å². The Morgan fingerprint density at radius 2 is 1.76 bits per heavy atom. The molecule has 0 amide bonds. The quantitative estimate of drug-likeness (QED) is 0.808. The van der Waals surface area contributed by atoms with Gasteiger partial charge < -0.3 is 9.84 Å². The summed E-state index contributed by atoms with van der Waals surface area (Å²) in [6.07, 6.45) is 2.66. The Hall–Kier alpha value is -2.55. The van der Waals surface area contributed by atoms with Crippen molar-refractivity contribution in [3.63, 3.8) is 0 Å². The van der Waals surface area contributed by atoms with E-state index in [4.69, 9.17) is 9.84 Å². The van der Waals surface area contributed by atoms with Crippen molar-refractivity contribution in [1.82, 2.24) is 0 Å². The Morgan fingerprint density at radius 1 is 1.10 bits per heavy atom. The summed E-state index contributed by atoms with van der Waals surface area (Å²) in [6, 6.07) is 15.3. The monoisotopic (exact) mass is 282 g/mol. The second-order valence-electron chi connectivity index (χ2n) is 5.04. The number of hydrogen-bond donors (Lipinski definition) is 1. The van der Waals surface area contributed by atoms with Crippen LogP contribution in [0.1, 0.15) is 30.9 Å². The van der Waals surface area contributed by atoms with Crippen LogP contribution in [0, 0.1) is 0 Å². The van der Waals surface area contributed by atoms with E-state index < -0.39 is 5.97 Å². The van der Waals surface area contributed by atoms with Gasteiger partial charge in [0.15, 0.2) is 0 Å². The number of para-hydroxylation sites is 1. The zero-order chi connectivity index (χ0) is 15.2. The molecule has 0 aliphatic carbocycles. The van der Waals surface area contributed by atoms with Crippen molar-refractivity contribution in [2.45, 2.75) is 19.8 Å². The topological polar surface area (TPSA) is 46.5 Å². The van der Waals surface area contributed by atoms with E-state index in [1.165, 1.54) is 0 Å². The third kappa shape index (κ3) is 4.21. The first-order chi connectivity index (χ1) is 10.1. The molecule has 0 aliphatic heterocycles. The Bertz CT molecular complexity index is 640. The second kappa shape index (κ2) is 6.75. The highest BCUT2D eigenvalue weighted by Crippen LogP contribution is 2.30. The van der Waals surface area contributed by atoms with Gasteiger partial charge in [0.1, 0.15) is 11.5 Å². The molecule has 0 radical (unpaired) electrons. The number of aliphatic carboxylic acids is 1. The van der Waals surface area contributed by atoms with Gasteiger partial charge in [-0.2, -0.15) is 0 Å². The average molecular weight is 282 g/mol. The Kier molecular flexibility index (Phi) is 4.77. The van der Waals surface area contributed by atoms with E-state index >= 15 is 0 Å². The van der Waals surface area contributed by atoms with Crippen molar-refractivity contribution in [2.24, 2.45) is 0 Å². The molecule has 0 heterocycles. The molecule has 0 fully saturated rings. The van der Waals surface area contributed by atoms with Gasteiger partial charge in [-0.05, 0) is 41.3 Å². The molecule has 108 valence electrons. The fourth-order valence-electron chi connectivity index (χ4n) is 1.99. The van der Waals surface area contributed by atoms with Crippen LogP contribution in [0.2, 0.25) is 0 Å². The first-order valence-electron chi connectivity index (χ1n) is 6.84. The van der Waals surface area contributed by atoms with Crippen LogP contribution >= 0.6 is 0 Å². The molecule has 2 aromatic rings. The smallest absolute Gasteiger partial charge is 0.328 e. The first kappa shape index (κ1) is 14.9. The highest BCUT2D eigenvalue weighted by Gasteiger charge is 2.07. The lowest BCUT2D eigenvalue weighted by Crippen LogP contribution is -1.93. The van der Waals surface area contributed by atoms with Crippen molar-refractivity contribution < 1.29 is 14.6 Å².